The quantitative estimate of drug-likeness (QED) is 0.457. The van der Waals surface area contributed by atoms with Crippen molar-refractivity contribution in [3.05, 3.63) is 89.5 Å². The van der Waals surface area contributed by atoms with Crippen molar-refractivity contribution >= 4 is 45.0 Å². The van der Waals surface area contributed by atoms with Gasteiger partial charge in [0, 0.05) is 22.5 Å². The topological polar surface area (TPSA) is 84.5 Å². The van der Waals surface area contributed by atoms with Crippen molar-refractivity contribution in [3.8, 4) is 5.75 Å². The lowest BCUT2D eigenvalue weighted by atomic mass is 10.2. The van der Waals surface area contributed by atoms with Gasteiger partial charge in [0.15, 0.2) is 0 Å². The summed E-state index contributed by atoms with van der Waals surface area (Å²) in [5, 5.41) is 3.31. The molecule has 2 N–H and O–H groups in total. The first-order valence-corrected chi connectivity index (χ1v) is 11.3. The van der Waals surface area contributed by atoms with Crippen LogP contribution in [0.1, 0.15) is 12.5 Å². The van der Waals surface area contributed by atoms with E-state index in [0.717, 1.165) is 5.56 Å². The van der Waals surface area contributed by atoms with Crippen LogP contribution in [-0.2, 0) is 14.8 Å². The minimum Gasteiger partial charge on any atom is -0.494 e. The predicted molar refractivity (Wildman–Crippen MR) is 124 cm³/mol. The number of ether oxygens (including phenoxy) is 1. The number of rotatable bonds is 8. The third-order valence-corrected chi connectivity index (χ3v) is 5.80. The van der Waals surface area contributed by atoms with Crippen LogP contribution in [0.15, 0.2) is 83.8 Å². The lowest BCUT2D eigenvalue weighted by Crippen LogP contribution is -2.13. The molecule has 0 aliphatic carbocycles. The second kappa shape index (κ2) is 10.1. The van der Waals surface area contributed by atoms with E-state index in [1.54, 1.807) is 54.6 Å². The Morgan fingerprint density at radius 2 is 1.55 bits per heavy atom. The SMILES string of the molecule is CCOc1ccc(NS(=O)(=O)c2ccc(NC(=O)/C=C/c3ccc(Cl)cc3)cc2)cc1. The van der Waals surface area contributed by atoms with Crippen LogP contribution < -0.4 is 14.8 Å². The van der Waals surface area contributed by atoms with E-state index in [-0.39, 0.29) is 10.8 Å². The molecule has 6 nitrogen and oxygen atoms in total. The van der Waals surface area contributed by atoms with Crippen molar-refractivity contribution in [3.63, 3.8) is 0 Å². The zero-order valence-electron chi connectivity index (χ0n) is 16.7. The molecular weight excluding hydrogens is 436 g/mol. The van der Waals surface area contributed by atoms with Gasteiger partial charge in [-0.1, -0.05) is 23.7 Å². The number of anilines is 2. The molecule has 1 amide bonds. The number of nitrogens with one attached hydrogen (secondary N) is 2. The molecule has 0 fully saturated rings. The fraction of sp³-hybridized carbons (Fsp3) is 0.0870. The Morgan fingerprint density at radius 3 is 2.16 bits per heavy atom. The van der Waals surface area contributed by atoms with Gasteiger partial charge >= 0.3 is 0 Å². The molecule has 3 rings (SSSR count). The summed E-state index contributed by atoms with van der Waals surface area (Å²) >= 11 is 5.83. The van der Waals surface area contributed by atoms with Gasteiger partial charge in [-0.2, -0.15) is 0 Å². The van der Waals surface area contributed by atoms with Crippen LogP contribution in [-0.4, -0.2) is 20.9 Å². The summed E-state index contributed by atoms with van der Waals surface area (Å²) in [5.41, 5.74) is 1.74. The molecule has 0 unspecified atom stereocenters. The number of amides is 1. The normalized spacial score (nSPS) is 11.3. The van der Waals surface area contributed by atoms with Crippen LogP contribution in [0.4, 0.5) is 11.4 Å². The molecule has 0 radical (unpaired) electrons. The van der Waals surface area contributed by atoms with Gasteiger partial charge in [0.25, 0.3) is 10.0 Å². The molecule has 0 saturated heterocycles. The first-order chi connectivity index (χ1) is 14.9. The van der Waals surface area contributed by atoms with Gasteiger partial charge in [-0.25, -0.2) is 8.42 Å². The van der Waals surface area contributed by atoms with Gasteiger partial charge in [-0.05, 0) is 79.2 Å². The highest BCUT2D eigenvalue weighted by molar-refractivity contribution is 7.92. The zero-order valence-corrected chi connectivity index (χ0v) is 18.3. The molecule has 31 heavy (non-hydrogen) atoms. The van der Waals surface area contributed by atoms with E-state index in [9.17, 15) is 13.2 Å². The Morgan fingerprint density at radius 1 is 0.935 bits per heavy atom. The minimum absolute atomic E-state index is 0.0797. The molecule has 0 aromatic heterocycles. The first kappa shape index (κ1) is 22.4. The van der Waals surface area contributed by atoms with Crippen LogP contribution in [0.2, 0.25) is 5.02 Å². The van der Waals surface area contributed by atoms with Gasteiger partial charge < -0.3 is 10.1 Å². The Kier molecular flexibility index (Phi) is 7.33. The average molecular weight is 457 g/mol. The summed E-state index contributed by atoms with van der Waals surface area (Å²) < 4.78 is 33.0. The second-order valence-electron chi connectivity index (χ2n) is 6.46. The van der Waals surface area contributed by atoms with Crippen molar-refractivity contribution in [2.45, 2.75) is 11.8 Å². The number of benzene rings is 3. The van der Waals surface area contributed by atoms with Crippen LogP contribution >= 0.6 is 11.6 Å². The average Bonchev–Trinajstić information content (AvgIpc) is 2.75. The van der Waals surface area contributed by atoms with Crippen molar-refractivity contribution in [1.82, 2.24) is 0 Å². The maximum Gasteiger partial charge on any atom is 0.261 e. The fourth-order valence-electron chi connectivity index (χ4n) is 2.65. The Hall–Kier alpha value is -3.29. The number of carbonyl (C=O) groups excluding carboxylic acids is 1. The fourth-order valence-corrected chi connectivity index (χ4v) is 3.83. The molecule has 8 heteroatoms. The highest BCUT2D eigenvalue weighted by Gasteiger charge is 2.14. The molecule has 3 aromatic rings. The third-order valence-electron chi connectivity index (χ3n) is 4.15. The predicted octanol–water partition coefficient (Wildman–Crippen LogP) is 5.19. The van der Waals surface area contributed by atoms with E-state index >= 15 is 0 Å². The summed E-state index contributed by atoms with van der Waals surface area (Å²) in [7, 11) is -3.76. The second-order valence-corrected chi connectivity index (χ2v) is 8.58. The number of hydrogen-bond donors (Lipinski definition) is 2. The number of carbonyl (C=O) groups is 1. The highest BCUT2D eigenvalue weighted by Crippen LogP contribution is 2.21. The number of sulfonamides is 1. The van der Waals surface area contributed by atoms with Gasteiger partial charge in [0.2, 0.25) is 5.91 Å². The molecule has 0 atom stereocenters. The van der Waals surface area contributed by atoms with Gasteiger partial charge in [-0.15, -0.1) is 0 Å². The standard InChI is InChI=1S/C23H21ClN2O4S/c1-2-30-21-12-8-20(9-13-21)26-31(28,29)22-14-10-19(11-15-22)25-23(27)16-5-17-3-6-18(24)7-4-17/h3-16,26H,2H2,1H3,(H,25,27)/b16-5+. The van der Waals surface area contributed by atoms with Gasteiger partial charge in [0.05, 0.1) is 11.5 Å². The van der Waals surface area contributed by atoms with Gasteiger partial charge in [-0.3, -0.25) is 9.52 Å². The van der Waals surface area contributed by atoms with Crippen LogP contribution in [0, 0.1) is 0 Å². The van der Waals surface area contributed by atoms with Crippen molar-refractivity contribution in [1.29, 1.82) is 0 Å². The first-order valence-electron chi connectivity index (χ1n) is 9.46. The Bertz CT molecular complexity index is 1160. The summed E-state index contributed by atoms with van der Waals surface area (Å²) in [6.45, 7) is 2.41. The number of hydrogen-bond acceptors (Lipinski definition) is 4. The van der Waals surface area contributed by atoms with Crippen molar-refractivity contribution in [2.24, 2.45) is 0 Å². The Balaban J connectivity index is 1.61. The third kappa shape index (κ3) is 6.60. The molecule has 0 heterocycles. The van der Waals surface area contributed by atoms with E-state index in [1.807, 2.05) is 6.92 Å². The van der Waals surface area contributed by atoms with Crippen molar-refractivity contribution < 1.29 is 17.9 Å². The van der Waals surface area contributed by atoms with E-state index in [1.165, 1.54) is 30.3 Å². The molecule has 0 spiro atoms. The molecule has 0 aliphatic heterocycles. The summed E-state index contributed by atoms with van der Waals surface area (Å²) in [6, 6.07) is 19.6. The zero-order chi connectivity index (χ0) is 22.3. The van der Waals surface area contributed by atoms with E-state index in [4.69, 9.17) is 16.3 Å². The molecule has 0 saturated carbocycles. The van der Waals surface area contributed by atoms with Crippen LogP contribution in [0.25, 0.3) is 6.08 Å². The number of halogens is 1. The molecule has 3 aromatic carbocycles. The molecule has 0 bridgehead atoms. The summed E-state index contributed by atoms with van der Waals surface area (Å²) in [6.07, 6.45) is 3.05. The van der Waals surface area contributed by atoms with E-state index < -0.39 is 10.0 Å². The molecule has 0 aliphatic rings. The maximum absolute atomic E-state index is 12.6. The Labute approximate surface area is 186 Å². The van der Waals surface area contributed by atoms with Crippen LogP contribution in [0.5, 0.6) is 5.75 Å². The lowest BCUT2D eigenvalue weighted by molar-refractivity contribution is -0.111. The van der Waals surface area contributed by atoms with E-state index in [2.05, 4.69) is 10.0 Å². The summed E-state index contributed by atoms with van der Waals surface area (Å²) in [4.78, 5) is 12.2. The van der Waals surface area contributed by atoms with Crippen LogP contribution in [0.3, 0.4) is 0 Å². The smallest absolute Gasteiger partial charge is 0.261 e. The minimum atomic E-state index is -3.76. The largest absolute Gasteiger partial charge is 0.494 e. The monoisotopic (exact) mass is 456 g/mol. The highest BCUT2D eigenvalue weighted by atomic mass is 35.5. The van der Waals surface area contributed by atoms with Crippen molar-refractivity contribution in [2.75, 3.05) is 16.6 Å². The summed E-state index contributed by atoms with van der Waals surface area (Å²) in [5.74, 6) is 0.328. The molecular formula is C23H21ClN2O4S. The van der Waals surface area contributed by atoms with E-state index in [0.29, 0.717) is 28.8 Å². The maximum atomic E-state index is 12.6. The lowest BCUT2D eigenvalue weighted by Gasteiger charge is -2.10. The van der Waals surface area contributed by atoms with Gasteiger partial charge in [0.1, 0.15) is 5.75 Å². The molecule has 160 valence electrons.